The summed E-state index contributed by atoms with van der Waals surface area (Å²) in [6, 6.07) is 0. The Morgan fingerprint density at radius 3 is 2.54 bits per heavy atom. The summed E-state index contributed by atoms with van der Waals surface area (Å²) in [6.07, 6.45) is 0.404. The molecule has 70 valence electrons. The fourth-order valence-electron chi connectivity index (χ4n) is 1.10. The lowest BCUT2D eigenvalue weighted by molar-refractivity contribution is 0.100. The first-order chi connectivity index (χ1) is 6.11. The van der Waals surface area contributed by atoms with Gasteiger partial charge in [-0.1, -0.05) is 0 Å². The van der Waals surface area contributed by atoms with Crippen LogP contribution < -0.4 is 5.56 Å². The summed E-state index contributed by atoms with van der Waals surface area (Å²) in [4.78, 5) is 32.8. The van der Waals surface area contributed by atoms with Gasteiger partial charge in [0.1, 0.15) is 11.3 Å². The number of H-pyrrole nitrogens is 1. The van der Waals surface area contributed by atoms with Crippen molar-refractivity contribution in [1.29, 1.82) is 0 Å². The smallest absolute Gasteiger partial charge is 0.277 e. The van der Waals surface area contributed by atoms with Gasteiger partial charge in [-0.2, -0.15) is 0 Å². The van der Waals surface area contributed by atoms with E-state index in [-0.39, 0.29) is 17.0 Å². The minimum Gasteiger partial charge on any atom is -0.298 e. The molecule has 1 aromatic heterocycles. The number of aromatic nitrogens is 2. The number of hydrogen-bond donors (Lipinski definition) is 1. The van der Waals surface area contributed by atoms with E-state index >= 15 is 0 Å². The van der Waals surface area contributed by atoms with Gasteiger partial charge in [0.05, 0.1) is 0 Å². The van der Waals surface area contributed by atoms with Crippen molar-refractivity contribution in [1.82, 2.24) is 9.78 Å². The molecule has 1 rings (SSSR count). The second kappa shape index (κ2) is 3.38. The zero-order valence-corrected chi connectivity index (χ0v) is 7.46. The van der Waals surface area contributed by atoms with Gasteiger partial charge in [-0.3, -0.25) is 24.2 Å². The molecule has 0 amide bonds. The van der Waals surface area contributed by atoms with E-state index in [0.29, 0.717) is 12.8 Å². The SMILES string of the molecule is CCn1[nH]c(C(C)=O)c(C=O)c1=O. The van der Waals surface area contributed by atoms with Crippen LogP contribution in [0, 0.1) is 0 Å². The average molecular weight is 182 g/mol. The van der Waals surface area contributed by atoms with Gasteiger partial charge < -0.3 is 0 Å². The molecule has 0 aliphatic rings. The highest BCUT2D eigenvalue weighted by Gasteiger charge is 2.15. The van der Waals surface area contributed by atoms with E-state index in [4.69, 9.17) is 0 Å². The number of hydrogen-bond acceptors (Lipinski definition) is 3. The van der Waals surface area contributed by atoms with Crippen molar-refractivity contribution in [2.24, 2.45) is 0 Å². The van der Waals surface area contributed by atoms with E-state index in [9.17, 15) is 14.4 Å². The molecule has 0 aromatic carbocycles. The number of nitrogens with one attached hydrogen (secondary N) is 1. The number of carbonyl (C=O) groups is 2. The van der Waals surface area contributed by atoms with Gasteiger partial charge in [-0.15, -0.1) is 0 Å². The third kappa shape index (κ3) is 1.44. The molecule has 1 heterocycles. The van der Waals surface area contributed by atoms with E-state index in [2.05, 4.69) is 5.10 Å². The Labute approximate surface area is 74.3 Å². The Morgan fingerprint density at radius 2 is 2.23 bits per heavy atom. The predicted molar refractivity (Wildman–Crippen MR) is 46.1 cm³/mol. The van der Waals surface area contributed by atoms with Gasteiger partial charge in [-0.25, -0.2) is 0 Å². The lowest BCUT2D eigenvalue weighted by Gasteiger charge is -1.92. The maximum absolute atomic E-state index is 11.3. The summed E-state index contributed by atoms with van der Waals surface area (Å²) in [6.45, 7) is 3.46. The number of aryl methyl sites for hydroxylation is 1. The van der Waals surface area contributed by atoms with Crippen LogP contribution in [0.3, 0.4) is 0 Å². The Kier molecular flexibility index (Phi) is 2.46. The normalized spacial score (nSPS) is 10.0. The van der Waals surface area contributed by atoms with Gasteiger partial charge in [0.25, 0.3) is 5.56 Å². The zero-order chi connectivity index (χ0) is 10.0. The third-order valence-electron chi connectivity index (χ3n) is 1.78. The second-order valence-electron chi connectivity index (χ2n) is 2.62. The van der Waals surface area contributed by atoms with Gasteiger partial charge in [0, 0.05) is 13.5 Å². The molecule has 0 saturated heterocycles. The Balaban J connectivity index is 3.45. The van der Waals surface area contributed by atoms with E-state index in [1.807, 2.05) is 0 Å². The van der Waals surface area contributed by atoms with E-state index in [0.717, 1.165) is 0 Å². The van der Waals surface area contributed by atoms with Crippen molar-refractivity contribution in [3.63, 3.8) is 0 Å². The molecule has 5 nitrogen and oxygen atoms in total. The molecule has 0 aliphatic carbocycles. The van der Waals surface area contributed by atoms with E-state index in [1.165, 1.54) is 11.6 Å². The Hall–Kier alpha value is -1.65. The number of carbonyl (C=O) groups excluding carboxylic acids is 2. The molecule has 5 heteroatoms. The molecule has 0 unspecified atom stereocenters. The standard InChI is InChI=1S/C8H10N2O3/c1-3-10-8(13)6(4-11)7(9-10)5(2)12/h4,9H,3H2,1-2H3. The maximum Gasteiger partial charge on any atom is 0.277 e. The van der Waals surface area contributed by atoms with Crippen molar-refractivity contribution in [3.8, 4) is 0 Å². The zero-order valence-electron chi connectivity index (χ0n) is 7.46. The largest absolute Gasteiger partial charge is 0.298 e. The van der Waals surface area contributed by atoms with Gasteiger partial charge in [0.2, 0.25) is 0 Å². The molecule has 1 N–H and O–H groups in total. The number of aldehydes is 1. The second-order valence-corrected chi connectivity index (χ2v) is 2.62. The Bertz CT molecular complexity index is 400. The quantitative estimate of drug-likeness (QED) is 0.536. The summed E-state index contributed by atoms with van der Waals surface area (Å²) < 4.78 is 1.22. The number of nitrogens with zero attached hydrogens (tertiary/aromatic N) is 1. The van der Waals surface area contributed by atoms with Gasteiger partial charge >= 0.3 is 0 Å². The van der Waals surface area contributed by atoms with Crippen molar-refractivity contribution in [3.05, 3.63) is 21.6 Å². The molecule has 1 aromatic rings. The van der Waals surface area contributed by atoms with E-state index in [1.54, 1.807) is 6.92 Å². The fourth-order valence-corrected chi connectivity index (χ4v) is 1.10. The predicted octanol–water partition coefficient (Wildman–Crippen LogP) is 0.211. The number of aromatic amines is 1. The fraction of sp³-hybridized carbons (Fsp3) is 0.375. The monoisotopic (exact) mass is 182 g/mol. The molecule has 0 fully saturated rings. The van der Waals surface area contributed by atoms with Crippen LogP contribution >= 0.6 is 0 Å². The molecule has 0 saturated carbocycles. The first-order valence-electron chi connectivity index (χ1n) is 3.90. The molecule has 0 radical (unpaired) electrons. The van der Waals surface area contributed by atoms with Crippen molar-refractivity contribution in [2.45, 2.75) is 20.4 Å². The van der Waals surface area contributed by atoms with E-state index < -0.39 is 5.56 Å². The Morgan fingerprint density at radius 1 is 1.62 bits per heavy atom. The maximum atomic E-state index is 11.3. The topological polar surface area (TPSA) is 71.9 Å². The first-order valence-corrected chi connectivity index (χ1v) is 3.90. The van der Waals surface area contributed by atoms with Crippen LogP contribution in [0.5, 0.6) is 0 Å². The summed E-state index contributed by atoms with van der Waals surface area (Å²) in [5, 5.41) is 2.57. The molecule has 0 spiro atoms. The number of rotatable bonds is 3. The summed E-state index contributed by atoms with van der Waals surface area (Å²) >= 11 is 0. The van der Waals surface area contributed by atoms with Crippen LogP contribution in [-0.2, 0) is 6.54 Å². The summed E-state index contributed by atoms with van der Waals surface area (Å²) in [7, 11) is 0. The van der Waals surface area contributed by atoms with Gasteiger partial charge in [-0.05, 0) is 6.92 Å². The number of Topliss-reactive ketones (excluding diaryl/α,β-unsaturated/α-hetero) is 1. The van der Waals surface area contributed by atoms with Crippen molar-refractivity contribution in [2.75, 3.05) is 0 Å². The average Bonchev–Trinajstić information content (AvgIpc) is 2.42. The molecule has 0 atom stereocenters. The van der Waals surface area contributed by atoms with Crippen LogP contribution in [0.25, 0.3) is 0 Å². The lowest BCUT2D eigenvalue weighted by atomic mass is 10.2. The van der Waals surface area contributed by atoms with Crippen LogP contribution in [-0.4, -0.2) is 21.8 Å². The molecule has 0 bridgehead atoms. The van der Waals surface area contributed by atoms with Crippen LogP contribution in [0.2, 0.25) is 0 Å². The van der Waals surface area contributed by atoms with Crippen molar-refractivity contribution >= 4 is 12.1 Å². The van der Waals surface area contributed by atoms with Gasteiger partial charge in [0.15, 0.2) is 12.1 Å². The van der Waals surface area contributed by atoms with Crippen LogP contribution in [0.1, 0.15) is 34.7 Å². The van der Waals surface area contributed by atoms with Crippen LogP contribution in [0.4, 0.5) is 0 Å². The summed E-state index contributed by atoms with van der Waals surface area (Å²) in [5.41, 5.74) is -0.445. The van der Waals surface area contributed by atoms with Crippen molar-refractivity contribution < 1.29 is 9.59 Å². The highest BCUT2D eigenvalue weighted by molar-refractivity contribution is 5.99. The molecule has 0 aliphatic heterocycles. The highest BCUT2D eigenvalue weighted by Crippen LogP contribution is 1.98. The lowest BCUT2D eigenvalue weighted by Crippen LogP contribution is -2.17. The first kappa shape index (κ1) is 9.44. The highest BCUT2D eigenvalue weighted by atomic mass is 16.2. The molecule has 13 heavy (non-hydrogen) atoms. The molecular weight excluding hydrogens is 172 g/mol. The molecular formula is C8H10N2O3. The third-order valence-corrected chi connectivity index (χ3v) is 1.78. The minimum atomic E-state index is -0.442. The number of ketones is 1. The van der Waals surface area contributed by atoms with Crippen LogP contribution in [0.15, 0.2) is 4.79 Å². The minimum absolute atomic E-state index is 0.0850. The summed E-state index contributed by atoms with van der Waals surface area (Å²) in [5.74, 6) is -0.314.